The Hall–Kier alpha value is -0.170. The van der Waals surface area contributed by atoms with Gasteiger partial charge in [0.05, 0.1) is 6.10 Å². The molecule has 0 heterocycles. The fourth-order valence-electron chi connectivity index (χ4n) is 1.04. The third kappa shape index (κ3) is 4.78. The smallest absolute Gasteiger partial charge is 0.279 e. The highest BCUT2D eigenvalue weighted by atomic mass is 32.2. The van der Waals surface area contributed by atoms with Crippen molar-refractivity contribution in [3.63, 3.8) is 0 Å². The largest absolute Gasteiger partial charge is 0.391 e. The average Bonchev–Trinajstić information content (AvgIpc) is 2.23. The van der Waals surface area contributed by atoms with Crippen molar-refractivity contribution in [3.8, 4) is 0 Å². The molecular weight excluding hydrogens is 228 g/mol. The van der Waals surface area contributed by atoms with Gasteiger partial charge in [-0.05, 0) is 19.8 Å². The fourth-order valence-corrected chi connectivity index (χ4v) is 2.18. The van der Waals surface area contributed by atoms with Gasteiger partial charge in [0.15, 0.2) is 0 Å². The molecule has 2 unspecified atom stereocenters. The van der Waals surface area contributed by atoms with E-state index in [-0.39, 0.29) is 18.5 Å². The van der Waals surface area contributed by atoms with Gasteiger partial charge in [0.1, 0.15) is 0 Å². The first-order chi connectivity index (χ1) is 7.22. The van der Waals surface area contributed by atoms with Crippen molar-refractivity contribution in [2.45, 2.75) is 46.3 Å². The zero-order valence-corrected chi connectivity index (χ0v) is 11.6. The molecule has 0 fully saturated rings. The zero-order valence-electron chi connectivity index (χ0n) is 10.8. The summed E-state index contributed by atoms with van der Waals surface area (Å²) in [5.74, 6) is 0.0899. The molecule has 0 radical (unpaired) electrons. The highest BCUT2D eigenvalue weighted by Crippen LogP contribution is 2.07. The highest BCUT2D eigenvalue weighted by Gasteiger charge is 2.22. The maximum Gasteiger partial charge on any atom is 0.279 e. The number of aliphatic hydroxyl groups is 1. The van der Waals surface area contributed by atoms with Crippen molar-refractivity contribution in [1.29, 1.82) is 0 Å². The van der Waals surface area contributed by atoms with Crippen LogP contribution in [-0.4, -0.2) is 43.6 Å². The molecular formula is C10H24N2O3S. The normalized spacial score (nSPS) is 16.8. The van der Waals surface area contributed by atoms with Gasteiger partial charge in [-0.1, -0.05) is 20.3 Å². The summed E-state index contributed by atoms with van der Waals surface area (Å²) in [6.07, 6.45) is 0.184. The highest BCUT2D eigenvalue weighted by molar-refractivity contribution is 7.87. The Kier molecular flexibility index (Phi) is 6.47. The lowest BCUT2D eigenvalue weighted by Crippen LogP contribution is -2.45. The summed E-state index contributed by atoms with van der Waals surface area (Å²) in [7, 11) is -1.96. The Labute approximate surface area is 99.0 Å². The second kappa shape index (κ2) is 6.54. The Bertz CT molecular complexity index is 290. The van der Waals surface area contributed by atoms with Crippen LogP contribution in [0.25, 0.3) is 0 Å². The molecule has 0 amide bonds. The molecule has 0 aromatic heterocycles. The summed E-state index contributed by atoms with van der Waals surface area (Å²) in [6.45, 7) is 7.51. The summed E-state index contributed by atoms with van der Waals surface area (Å²) < 4.78 is 27.0. The molecule has 0 aliphatic rings. The number of aliphatic hydroxyl groups excluding tert-OH is 1. The molecule has 2 atom stereocenters. The van der Waals surface area contributed by atoms with Crippen LogP contribution in [0.15, 0.2) is 0 Å². The summed E-state index contributed by atoms with van der Waals surface area (Å²) in [5.41, 5.74) is 0. The minimum atomic E-state index is -3.47. The second-order valence-corrected chi connectivity index (χ2v) is 6.23. The van der Waals surface area contributed by atoms with Gasteiger partial charge in [0.25, 0.3) is 10.2 Å². The van der Waals surface area contributed by atoms with Crippen LogP contribution in [0.2, 0.25) is 0 Å². The number of nitrogens with one attached hydrogen (secondary N) is 1. The molecule has 6 heteroatoms. The molecule has 0 spiro atoms. The Morgan fingerprint density at radius 2 is 1.81 bits per heavy atom. The lowest BCUT2D eigenvalue weighted by Gasteiger charge is -2.23. The standard InChI is InChI=1S/C10H24N2O3S/c1-6-9(4)10(13)7-11-16(14,15)12(5)8(2)3/h8-11,13H,6-7H2,1-5H3. The predicted octanol–water partition coefficient (Wildman–Crippen LogP) is 0.568. The van der Waals surface area contributed by atoms with E-state index in [4.69, 9.17) is 0 Å². The first-order valence-corrected chi connectivity index (χ1v) is 7.07. The van der Waals surface area contributed by atoms with E-state index in [0.717, 1.165) is 6.42 Å². The van der Waals surface area contributed by atoms with Crippen molar-refractivity contribution >= 4 is 10.2 Å². The molecule has 0 aliphatic carbocycles. The predicted molar refractivity (Wildman–Crippen MR) is 65.3 cm³/mol. The molecule has 16 heavy (non-hydrogen) atoms. The third-order valence-corrected chi connectivity index (χ3v) is 4.59. The van der Waals surface area contributed by atoms with E-state index in [9.17, 15) is 13.5 Å². The molecule has 0 bridgehead atoms. The topological polar surface area (TPSA) is 69.6 Å². The number of hydrogen-bond donors (Lipinski definition) is 2. The Morgan fingerprint density at radius 3 is 2.19 bits per heavy atom. The quantitative estimate of drug-likeness (QED) is 0.696. The summed E-state index contributed by atoms with van der Waals surface area (Å²) in [4.78, 5) is 0. The maximum atomic E-state index is 11.7. The van der Waals surface area contributed by atoms with Crippen LogP contribution in [0.5, 0.6) is 0 Å². The van der Waals surface area contributed by atoms with Crippen LogP contribution in [-0.2, 0) is 10.2 Å². The van der Waals surface area contributed by atoms with Crippen LogP contribution >= 0.6 is 0 Å². The molecule has 98 valence electrons. The van der Waals surface area contributed by atoms with E-state index >= 15 is 0 Å². The number of nitrogens with zero attached hydrogens (tertiary/aromatic N) is 1. The number of hydrogen-bond acceptors (Lipinski definition) is 3. The maximum absolute atomic E-state index is 11.7. The summed E-state index contributed by atoms with van der Waals surface area (Å²) in [6, 6.07) is -0.0989. The SMILES string of the molecule is CCC(C)C(O)CNS(=O)(=O)N(C)C(C)C. The van der Waals surface area contributed by atoms with Crippen LogP contribution in [0.3, 0.4) is 0 Å². The van der Waals surface area contributed by atoms with Crippen LogP contribution in [0.4, 0.5) is 0 Å². The molecule has 0 saturated carbocycles. The van der Waals surface area contributed by atoms with Crippen molar-refractivity contribution in [2.75, 3.05) is 13.6 Å². The molecule has 0 saturated heterocycles. The minimum absolute atomic E-state index is 0.0639. The van der Waals surface area contributed by atoms with Crippen molar-refractivity contribution < 1.29 is 13.5 Å². The van der Waals surface area contributed by atoms with E-state index in [1.807, 2.05) is 13.8 Å². The van der Waals surface area contributed by atoms with E-state index in [1.165, 1.54) is 11.4 Å². The lowest BCUT2D eigenvalue weighted by molar-refractivity contribution is 0.118. The van der Waals surface area contributed by atoms with Crippen LogP contribution in [0.1, 0.15) is 34.1 Å². The Balaban J connectivity index is 4.30. The van der Waals surface area contributed by atoms with Gasteiger partial charge in [0, 0.05) is 19.6 Å². The summed E-state index contributed by atoms with van der Waals surface area (Å²) in [5, 5.41) is 9.66. The van der Waals surface area contributed by atoms with E-state index in [0.29, 0.717) is 0 Å². The van der Waals surface area contributed by atoms with E-state index in [2.05, 4.69) is 4.72 Å². The lowest BCUT2D eigenvalue weighted by atomic mass is 10.0. The van der Waals surface area contributed by atoms with Gasteiger partial charge in [-0.15, -0.1) is 0 Å². The van der Waals surface area contributed by atoms with Gasteiger partial charge in [-0.25, -0.2) is 0 Å². The molecule has 0 aromatic carbocycles. The monoisotopic (exact) mass is 252 g/mol. The molecule has 5 nitrogen and oxygen atoms in total. The molecule has 0 aromatic rings. The van der Waals surface area contributed by atoms with Gasteiger partial charge < -0.3 is 5.11 Å². The second-order valence-electron chi connectivity index (χ2n) is 4.42. The van der Waals surface area contributed by atoms with Crippen molar-refractivity contribution in [1.82, 2.24) is 9.03 Å². The minimum Gasteiger partial charge on any atom is -0.391 e. The first-order valence-electron chi connectivity index (χ1n) is 5.63. The van der Waals surface area contributed by atoms with E-state index < -0.39 is 16.3 Å². The van der Waals surface area contributed by atoms with Crippen molar-refractivity contribution in [3.05, 3.63) is 0 Å². The first kappa shape index (κ1) is 15.8. The van der Waals surface area contributed by atoms with Gasteiger partial charge in [-0.2, -0.15) is 17.4 Å². The van der Waals surface area contributed by atoms with E-state index in [1.54, 1.807) is 13.8 Å². The fraction of sp³-hybridized carbons (Fsp3) is 1.00. The van der Waals surface area contributed by atoms with Crippen LogP contribution in [0, 0.1) is 5.92 Å². The molecule has 2 N–H and O–H groups in total. The van der Waals surface area contributed by atoms with Gasteiger partial charge in [-0.3, -0.25) is 0 Å². The Morgan fingerprint density at radius 1 is 1.31 bits per heavy atom. The average molecular weight is 252 g/mol. The van der Waals surface area contributed by atoms with Crippen molar-refractivity contribution in [2.24, 2.45) is 5.92 Å². The molecule has 0 rings (SSSR count). The van der Waals surface area contributed by atoms with Crippen LogP contribution < -0.4 is 4.72 Å². The third-order valence-electron chi connectivity index (χ3n) is 2.88. The zero-order chi connectivity index (χ0) is 12.9. The van der Waals surface area contributed by atoms with Gasteiger partial charge >= 0.3 is 0 Å². The number of rotatable bonds is 7. The molecule has 0 aliphatic heterocycles. The van der Waals surface area contributed by atoms with Gasteiger partial charge in [0.2, 0.25) is 0 Å². The summed E-state index contributed by atoms with van der Waals surface area (Å²) >= 11 is 0.